The summed E-state index contributed by atoms with van der Waals surface area (Å²) in [6.45, 7) is 0. The highest BCUT2D eigenvalue weighted by molar-refractivity contribution is 9.10. The third-order valence-electron chi connectivity index (χ3n) is 4.64. The Bertz CT molecular complexity index is 1200. The van der Waals surface area contributed by atoms with Crippen molar-refractivity contribution in [1.82, 2.24) is 0 Å². The summed E-state index contributed by atoms with van der Waals surface area (Å²) in [5, 5.41) is 0. The predicted octanol–water partition coefficient (Wildman–Crippen LogP) is 5.30. The molecule has 7 heteroatoms. The van der Waals surface area contributed by atoms with Crippen LogP contribution >= 0.6 is 15.9 Å². The highest BCUT2D eigenvalue weighted by Gasteiger charge is 2.28. The van der Waals surface area contributed by atoms with Gasteiger partial charge in [-0.1, -0.05) is 28.1 Å². The molecule has 1 heterocycles. The van der Waals surface area contributed by atoms with Crippen LogP contribution in [0.25, 0.3) is 6.08 Å². The SMILES string of the molecule is COc1ccc(C(=O)Oc2ccc3c(c2)O/C(=C\c2ccc(Br)cc2)C3=O)cc1OC. The fourth-order valence-electron chi connectivity index (χ4n) is 3.07. The van der Waals surface area contributed by atoms with Gasteiger partial charge in [-0.2, -0.15) is 0 Å². The number of methoxy groups -OCH3 is 2. The van der Waals surface area contributed by atoms with Gasteiger partial charge < -0.3 is 18.9 Å². The van der Waals surface area contributed by atoms with Crippen molar-refractivity contribution in [2.24, 2.45) is 0 Å². The predicted molar refractivity (Wildman–Crippen MR) is 118 cm³/mol. The van der Waals surface area contributed by atoms with Crippen molar-refractivity contribution >= 4 is 33.8 Å². The number of rotatable bonds is 5. The van der Waals surface area contributed by atoms with Gasteiger partial charge in [-0.15, -0.1) is 0 Å². The molecule has 0 unspecified atom stereocenters. The fraction of sp³-hybridized carbons (Fsp3) is 0.0833. The van der Waals surface area contributed by atoms with Crippen molar-refractivity contribution in [2.45, 2.75) is 0 Å². The van der Waals surface area contributed by atoms with Crippen LogP contribution in [0.15, 0.2) is 70.9 Å². The minimum atomic E-state index is -0.573. The van der Waals surface area contributed by atoms with Crippen LogP contribution < -0.4 is 18.9 Å². The average Bonchev–Trinajstić information content (AvgIpc) is 3.09. The number of benzene rings is 3. The van der Waals surface area contributed by atoms with Gasteiger partial charge in [0.25, 0.3) is 0 Å². The number of halogens is 1. The summed E-state index contributed by atoms with van der Waals surface area (Å²) in [6, 6.07) is 16.9. The van der Waals surface area contributed by atoms with Crippen molar-refractivity contribution < 1.29 is 28.5 Å². The lowest BCUT2D eigenvalue weighted by atomic mass is 10.1. The average molecular weight is 481 g/mol. The van der Waals surface area contributed by atoms with Crippen molar-refractivity contribution in [3.8, 4) is 23.0 Å². The van der Waals surface area contributed by atoms with Crippen molar-refractivity contribution in [3.05, 3.63) is 87.6 Å². The number of Topliss-reactive ketones (excluding diaryl/α,β-unsaturated/α-hetero) is 1. The van der Waals surface area contributed by atoms with Gasteiger partial charge in [0.1, 0.15) is 11.5 Å². The van der Waals surface area contributed by atoms with Crippen LogP contribution in [-0.2, 0) is 0 Å². The molecule has 0 radical (unpaired) electrons. The number of carbonyl (C=O) groups is 2. The standard InChI is InChI=1S/C24H17BrO6/c1-28-19-10-5-15(12-21(19)29-2)24(27)30-17-8-9-18-20(13-17)31-22(23(18)26)11-14-3-6-16(25)7-4-14/h3-13H,1-2H3/b22-11-. The molecule has 1 aliphatic rings. The topological polar surface area (TPSA) is 71.1 Å². The molecule has 4 rings (SSSR count). The molecule has 0 N–H and O–H groups in total. The van der Waals surface area contributed by atoms with Crippen molar-refractivity contribution in [2.75, 3.05) is 14.2 Å². The van der Waals surface area contributed by atoms with Crippen LogP contribution in [0, 0.1) is 0 Å². The molecule has 0 aliphatic carbocycles. The zero-order valence-corrected chi connectivity index (χ0v) is 18.3. The molecule has 6 nitrogen and oxygen atoms in total. The first kappa shape index (κ1) is 20.7. The quantitative estimate of drug-likeness (QED) is 0.280. The summed E-state index contributed by atoms with van der Waals surface area (Å²) in [6.07, 6.45) is 1.67. The first-order chi connectivity index (χ1) is 15.0. The number of allylic oxidation sites excluding steroid dienone is 1. The van der Waals surface area contributed by atoms with Crippen LogP contribution in [-0.4, -0.2) is 26.0 Å². The van der Waals surface area contributed by atoms with E-state index in [1.165, 1.54) is 26.4 Å². The summed E-state index contributed by atoms with van der Waals surface area (Å²) >= 11 is 3.38. The highest BCUT2D eigenvalue weighted by atomic mass is 79.9. The van der Waals surface area contributed by atoms with E-state index in [4.69, 9.17) is 18.9 Å². The Kier molecular flexibility index (Phi) is 5.77. The molecule has 0 bridgehead atoms. The van der Waals surface area contributed by atoms with E-state index in [1.807, 2.05) is 24.3 Å². The van der Waals surface area contributed by atoms with Crippen LogP contribution in [0.4, 0.5) is 0 Å². The van der Waals surface area contributed by atoms with E-state index < -0.39 is 5.97 Å². The normalized spacial score (nSPS) is 13.5. The third kappa shape index (κ3) is 4.32. The van der Waals surface area contributed by atoms with Gasteiger partial charge >= 0.3 is 5.97 Å². The molecular weight excluding hydrogens is 464 g/mol. The number of fused-ring (bicyclic) bond motifs is 1. The number of ether oxygens (including phenoxy) is 4. The maximum atomic E-state index is 12.6. The molecule has 0 spiro atoms. The molecule has 3 aromatic carbocycles. The Hall–Kier alpha value is -3.58. The van der Waals surface area contributed by atoms with E-state index in [-0.39, 0.29) is 17.3 Å². The Morgan fingerprint density at radius 3 is 2.39 bits per heavy atom. The Labute approximate surface area is 187 Å². The van der Waals surface area contributed by atoms with Gasteiger partial charge in [0.15, 0.2) is 17.3 Å². The lowest BCUT2D eigenvalue weighted by Gasteiger charge is -2.10. The second kappa shape index (κ2) is 8.65. The van der Waals surface area contributed by atoms with Crippen molar-refractivity contribution in [3.63, 3.8) is 0 Å². The van der Waals surface area contributed by atoms with Gasteiger partial charge in [0, 0.05) is 10.5 Å². The van der Waals surface area contributed by atoms with Gasteiger partial charge in [-0.3, -0.25) is 4.79 Å². The number of ketones is 1. The molecule has 156 valence electrons. The van der Waals surface area contributed by atoms with E-state index in [0.717, 1.165) is 10.0 Å². The van der Waals surface area contributed by atoms with Gasteiger partial charge in [0.05, 0.1) is 25.3 Å². The number of hydrogen-bond acceptors (Lipinski definition) is 6. The summed E-state index contributed by atoms with van der Waals surface area (Å²) in [5.41, 5.74) is 1.54. The summed E-state index contributed by atoms with van der Waals surface area (Å²) in [4.78, 5) is 25.2. The largest absolute Gasteiger partial charge is 0.493 e. The highest BCUT2D eigenvalue weighted by Crippen LogP contribution is 2.35. The maximum absolute atomic E-state index is 12.6. The molecule has 0 fully saturated rings. The Morgan fingerprint density at radius 2 is 1.68 bits per heavy atom. The zero-order chi connectivity index (χ0) is 22.0. The second-order valence-electron chi connectivity index (χ2n) is 6.61. The fourth-order valence-corrected chi connectivity index (χ4v) is 3.33. The van der Waals surface area contributed by atoms with Crippen molar-refractivity contribution in [1.29, 1.82) is 0 Å². The van der Waals surface area contributed by atoms with Crippen LogP contribution in [0.5, 0.6) is 23.0 Å². The molecule has 31 heavy (non-hydrogen) atoms. The van der Waals surface area contributed by atoms with E-state index in [0.29, 0.717) is 28.4 Å². The lowest BCUT2D eigenvalue weighted by molar-refractivity contribution is 0.0734. The Balaban J connectivity index is 1.53. The molecule has 0 saturated heterocycles. The molecule has 0 amide bonds. The molecule has 0 saturated carbocycles. The number of carbonyl (C=O) groups excluding carboxylic acids is 2. The van der Waals surface area contributed by atoms with Crippen LogP contribution in [0.1, 0.15) is 26.3 Å². The van der Waals surface area contributed by atoms with Crippen LogP contribution in [0.2, 0.25) is 0 Å². The molecule has 0 aromatic heterocycles. The number of esters is 1. The number of hydrogen-bond donors (Lipinski definition) is 0. The maximum Gasteiger partial charge on any atom is 0.343 e. The summed E-state index contributed by atoms with van der Waals surface area (Å²) in [7, 11) is 3.00. The molecular formula is C24H17BrO6. The first-order valence-electron chi connectivity index (χ1n) is 9.26. The van der Waals surface area contributed by atoms with E-state index in [9.17, 15) is 9.59 Å². The minimum Gasteiger partial charge on any atom is -0.493 e. The zero-order valence-electron chi connectivity index (χ0n) is 16.7. The van der Waals surface area contributed by atoms with E-state index in [2.05, 4.69) is 15.9 Å². The Morgan fingerprint density at radius 1 is 0.935 bits per heavy atom. The lowest BCUT2D eigenvalue weighted by Crippen LogP contribution is -2.09. The molecule has 1 aliphatic heterocycles. The van der Waals surface area contributed by atoms with Crippen LogP contribution in [0.3, 0.4) is 0 Å². The van der Waals surface area contributed by atoms with Gasteiger partial charge in [0.2, 0.25) is 5.78 Å². The monoisotopic (exact) mass is 480 g/mol. The molecule has 3 aromatic rings. The van der Waals surface area contributed by atoms with E-state index in [1.54, 1.807) is 30.3 Å². The smallest absolute Gasteiger partial charge is 0.343 e. The first-order valence-corrected chi connectivity index (χ1v) is 10.1. The van der Waals surface area contributed by atoms with Gasteiger partial charge in [-0.25, -0.2) is 4.79 Å². The summed E-state index contributed by atoms with van der Waals surface area (Å²) in [5.74, 6) is 0.936. The van der Waals surface area contributed by atoms with Gasteiger partial charge in [-0.05, 0) is 54.1 Å². The third-order valence-corrected chi connectivity index (χ3v) is 5.17. The summed E-state index contributed by atoms with van der Waals surface area (Å²) < 4.78 is 22.5. The minimum absolute atomic E-state index is 0.209. The second-order valence-corrected chi connectivity index (χ2v) is 7.52. The molecule has 0 atom stereocenters. The van der Waals surface area contributed by atoms with E-state index >= 15 is 0 Å².